The Labute approximate surface area is 158 Å². The van der Waals surface area contributed by atoms with Crippen LogP contribution in [0.1, 0.15) is 34.5 Å². The molecule has 0 saturated heterocycles. The van der Waals surface area contributed by atoms with Crippen molar-refractivity contribution >= 4 is 5.91 Å². The first-order valence-corrected chi connectivity index (χ1v) is 8.25. The molecule has 3 rings (SSSR count). The zero-order valence-electron chi connectivity index (χ0n) is 14.7. The summed E-state index contributed by atoms with van der Waals surface area (Å²) in [5.74, 6) is -0.548. The molecule has 1 amide bonds. The van der Waals surface area contributed by atoms with Crippen LogP contribution in [-0.2, 0) is 6.18 Å². The predicted octanol–water partition coefficient (Wildman–Crippen LogP) is 2.88. The fourth-order valence-corrected chi connectivity index (χ4v) is 2.47. The van der Waals surface area contributed by atoms with Crippen LogP contribution < -0.4 is 5.32 Å². The van der Waals surface area contributed by atoms with E-state index in [1.54, 1.807) is 25.4 Å². The zero-order chi connectivity index (χ0) is 20.1. The van der Waals surface area contributed by atoms with Crippen LogP contribution in [-0.4, -0.2) is 37.4 Å². The average Bonchev–Trinajstić information content (AvgIpc) is 2.72. The van der Waals surface area contributed by atoms with Gasteiger partial charge in [-0.05, 0) is 12.1 Å². The summed E-state index contributed by atoms with van der Waals surface area (Å²) in [7, 11) is 0. The lowest BCUT2D eigenvalue weighted by Gasteiger charge is -2.15. The monoisotopic (exact) mass is 388 g/mol. The topological polar surface area (TPSA) is 93.6 Å². The molecule has 28 heavy (non-hydrogen) atoms. The average molecular weight is 388 g/mol. The minimum Gasteiger partial charge on any atom is -0.351 e. The van der Waals surface area contributed by atoms with Gasteiger partial charge in [-0.3, -0.25) is 14.8 Å². The molecular weight excluding hydrogens is 373 g/mol. The normalized spacial score (nSPS) is 12.4. The van der Waals surface area contributed by atoms with Gasteiger partial charge in [0, 0.05) is 49.6 Å². The highest BCUT2D eigenvalue weighted by Gasteiger charge is 2.31. The van der Waals surface area contributed by atoms with Crippen molar-refractivity contribution in [3.63, 3.8) is 0 Å². The highest BCUT2D eigenvalue weighted by atomic mass is 19.4. The SMILES string of the molecule is CC(CNC(=O)c1cncc(C(F)(F)F)c1)c1nccnc1-c1ncccn1. The van der Waals surface area contributed by atoms with Gasteiger partial charge in [0.25, 0.3) is 5.91 Å². The number of carbonyl (C=O) groups is 1. The van der Waals surface area contributed by atoms with Crippen LogP contribution in [0.3, 0.4) is 0 Å². The first kappa shape index (κ1) is 19.3. The van der Waals surface area contributed by atoms with Crippen molar-refractivity contribution in [1.82, 2.24) is 30.2 Å². The molecule has 3 aromatic rings. The summed E-state index contributed by atoms with van der Waals surface area (Å²) in [5.41, 5.74) is -0.111. The van der Waals surface area contributed by atoms with E-state index in [9.17, 15) is 18.0 Å². The van der Waals surface area contributed by atoms with Crippen LogP contribution in [0.25, 0.3) is 11.5 Å². The number of carbonyl (C=O) groups excluding carboxylic acids is 1. The molecule has 7 nitrogen and oxygen atoms in total. The van der Waals surface area contributed by atoms with E-state index >= 15 is 0 Å². The molecule has 0 saturated carbocycles. The molecule has 0 aromatic carbocycles. The van der Waals surface area contributed by atoms with Crippen LogP contribution in [0, 0.1) is 0 Å². The molecule has 3 aromatic heterocycles. The molecule has 1 N–H and O–H groups in total. The van der Waals surface area contributed by atoms with Crippen LogP contribution >= 0.6 is 0 Å². The second kappa shape index (κ2) is 8.07. The number of pyridine rings is 1. The number of amides is 1. The molecule has 1 unspecified atom stereocenters. The molecule has 0 radical (unpaired) electrons. The summed E-state index contributed by atoms with van der Waals surface area (Å²) in [5, 5.41) is 2.60. The molecule has 0 bridgehead atoms. The number of hydrogen-bond donors (Lipinski definition) is 1. The maximum absolute atomic E-state index is 12.8. The third kappa shape index (κ3) is 4.45. The van der Waals surface area contributed by atoms with Gasteiger partial charge in [0.2, 0.25) is 0 Å². The van der Waals surface area contributed by atoms with Gasteiger partial charge in [-0.2, -0.15) is 13.2 Å². The van der Waals surface area contributed by atoms with Crippen molar-refractivity contribution in [2.45, 2.75) is 19.0 Å². The minimum absolute atomic E-state index is 0.133. The Kier molecular flexibility index (Phi) is 5.57. The standard InChI is InChI=1S/C18H15F3N6O/c1-11(14-15(24-6-5-23-14)16-25-3-2-4-26-16)8-27-17(28)12-7-13(10-22-9-12)18(19,20)21/h2-7,9-11H,8H2,1H3,(H,27,28). The molecular formula is C18H15F3N6O. The first-order valence-electron chi connectivity index (χ1n) is 8.25. The number of halogens is 3. The van der Waals surface area contributed by atoms with Crippen molar-refractivity contribution in [2.24, 2.45) is 0 Å². The van der Waals surface area contributed by atoms with Crippen LogP contribution in [0.2, 0.25) is 0 Å². The van der Waals surface area contributed by atoms with Crippen LogP contribution in [0.5, 0.6) is 0 Å². The lowest BCUT2D eigenvalue weighted by molar-refractivity contribution is -0.137. The van der Waals surface area contributed by atoms with Gasteiger partial charge >= 0.3 is 6.18 Å². The molecule has 0 aliphatic rings. The summed E-state index contributed by atoms with van der Waals surface area (Å²) in [4.78, 5) is 32.6. The lowest BCUT2D eigenvalue weighted by Crippen LogP contribution is -2.28. The number of hydrogen-bond acceptors (Lipinski definition) is 6. The maximum Gasteiger partial charge on any atom is 0.417 e. The zero-order valence-corrected chi connectivity index (χ0v) is 14.7. The molecule has 0 spiro atoms. The summed E-state index contributed by atoms with van der Waals surface area (Å²) < 4.78 is 38.3. The van der Waals surface area contributed by atoms with Crippen LogP contribution in [0.4, 0.5) is 13.2 Å². The summed E-state index contributed by atoms with van der Waals surface area (Å²) in [6.45, 7) is 1.94. The Balaban J connectivity index is 1.73. The number of nitrogens with zero attached hydrogens (tertiary/aromatic N) is 5. The Morgan fingerprint density at radius 1 is 1.07 bits per heavy atom. The molecule has 0 fully saturated rings. The van der Waals surface area contributed by atoms with Crippen molar-refractivity contribution in [3.8, 4) is 11.5 Å². The molecule has 10 heteroatoms. The number of rotatable bonds is 5. The van der Waals surface area contributed by atoms with E-state index in [0.717, 1.165) is 12.3 Å². The molecule has 144 valence electrons. The molecule has 0 aliphatic carbocycles. The Morgan fingerprint density at radius 3 is 2.50 bits per heavy atom. The molecule has 3 heterocycles. The van der Waals surface area contributed by atoms with Crippen molar-refractivity contribution in [3.05, 3.63) is 66.1 Å². The van der Waals surface area contributed by atoms with E-state index in [1.807, 2.05) is 0 Å². The van der Waals surface area contributed by atoms with Crippen molar-refractivity contribution in [2.75, 3.05) is 6.54 Å². The van der Waals surface area contributed by atoms with Crippen molar-refractivity contribution in [1.29, 1.82) is 0 Å². The van der Waals surface area contributed by atoms with E-state index in [4.69, 9.17) is 0 Å². The largest absolute Gasteiger partial charge is 0.417 e. The van der Waals surface area contributed by atoms with Crippen LogP contribution in [0.15, 0.2) is 49.3 Å². The van der Waals surface area contributed by atoms with Gasteiger partial charge in [0.15, 0.2) is 5.82 Å². The quantitative estimate of drug-likeness (QED) is 0.722. The lowest BCUT2D eigenvalue weighted by atomic mass is 10.0. The number of aromatic nitrogens is 5. The van der Waals surface area contributed by atoms with Crippen molar-refractivity contribution < 1.29 is 18.0 Å². The maximum atomic E-state index is 12.8. The van der Waals surface area contributed by atoms with E-state index < -0.39 is 17.6 Å². The second-order valence-corrected chi connectivity index (χ2v) is 5.93. The Morgan fingerprint density at radius 2 is 1.79 bits per heavy atom. The smallest absolute Gasteiger partial charge is 0.351 e. The Bertz CT molecular complexity index is 965. The predicted molar refractivity (Wildman–Crippen MR) is 93.0 cm³/mol. The second-order valence-electron chi connectivity index (χ2n) is 5.93. The van der Waals surface area contributed by atoms with Gasteiger partial charge in [-0.15, -0.1) is 0 Å². The fraction of sp³-hybridized carbons (Fsp3) is 0.222. The van der Waals surface area contributed by atoms with E-state index in [0.29, 0.717) is 23.4 Å². The van der Waals surface area contributed by atoms with Gasteiger partial charge in [-0.25, -0.2) is 15.0 Å². The third-order valence-electron chi connectivity index (χ3n) is 3.87. The highest BCUT2D eigenvalue weighted by Crippen LogP contribution is 2.29. The first-order chi connectivity index (χ1) is 13.4. The molecule has 1 atom stereocenters. The third-order valence-corrected chi connectivity index (χ3v) is 3.87. The summed E-state index contributed by atoms with van der Waals surface area (Å²) in [6, 6.07) is 2.44. The fourth-order valence-electron chi connectivity index (χ4n) is 2.47. The van der Waals surface area contributed by atoms with Gasteiger partial charge in [-0.1, -0.05) is 6.92 Å². The Hall–Kier alpha value is -3.43. The summed E-state index contributed by atoms with van der Waals surface area (Å²) in [6.07, 6.45) is 3.36. The van der Waals surface area contributed by atoms with Gasteiger partial charge in [0.05, 0.1) is 16.8 Å². The van der Waals surface area contributed by atoms with Gasteiger partial charge < -0.3 is 5.32 Å². The van der Waals surface area contributed by atoms with Gasteiger partial charge in [0.1, 0.15) is 5.69 Å². The van der Waals surface area contributed by atoms with E-state index in [1.165, 1.54) is 12.4 Å². The van der Waals surface area contributed by atoms with E-state index in [-0.39, 0.29) is 18.0 Å². The number of nitrogens with one attached hydrogen (secondary N) is 1. The highest BCUT2D eigenvalue weighted by molar-refractivity contribution is 5.94. The summed E-state index contributed by atoms with van der Waals surface area (Å²) >= 11 is 0. The number of alkyl halides is 3. The molecule has 0 aliphatic heterocycles. The van der Waals surface area contributed by atoms with E-state index in [2.05, 4.69) is 30.2 Å². The minimum atomic E-state index is -4.57.